The van der Waals surface area contributed by atoms with Crippen molar-refractivity contribution in [1.82, 2.24) is 5.48 Å². The molecule has 0 fully saturated rings. The fraction of sp³-hybridized carbons (Fsp3) is 0.933. The Kier molecular flexibility index (Phi) is 10.0. The fourth-order valence-electron chi connectivity index (χ4n) is 2.22. The highest BCUT2D eigenvalue weighted by molar-refractivity contribution is 5.74. The van der Waals surface area contributed by atoms with Crippen LogP contribution < -0.4 is 5.48 Å². The summed E-state index contributed by atoms with van der Waals surface area (Å²) >= 11 is 0. The van der Waals surface area contributed by atoms with E-state index in [9.17, 15) is 4.79 Å². The Labute approximate surface area is 113 Å². The van der Waals surface area contributed by atoms with Crippen molar-refractivity contribution in [2.45, 2.75) is 91.1 Å². The largest absolute Gasteiger partial charge is 0.273 e. The molecular formula is C15H31NO2. The molecule has 0 unspecified atom stereocenters. The first-order valence-corrected chi connectivity index (χ1v) is 7.61. The van der Waals surface area contributed by atoms with Crippen molar-refractivity contribution < 1.29 is 9.63 Å². The van der Waals surface area contributed by atoms with E-state index in [1.165, 1.54) is 12.8 Å². The fourth-order valence-corrected chi connectivity index (χ4v) is 2.22. The van der Waals surface area contributed by atoms with Crippen LogP contribution in [0.4, 0.5) is 0 Å². The Bertz CT molecular complexity index is 209. The maximum absolute atomic E-state index is 11.4. The van der Waals surface area contributed by atoms with Gasteiger partial charge in [0, 0.05) is 6.42 Å². The summed E-state index contributed by atoms with van der Waals surface area (Å²) in [6.45, 7) is 8.41. The monoisotopic (exact) mass is 257 g/mol. The molecule has 0 saturated heterocycles. The van der Waals surface area contributed by atoms with Gasteiger partial charge in [0.2, 0.25) is 5.91 Å². The van der Waals surface area contributed by atoms with Crippen molar-refractivity contribution >= 4 is 5.91 Å². The molecule has 3 heteroatoms. The van der Waals surface area contributed by atoms with Crippen molar-refractivity contribution in [3.8, 4) is 0 Å². The third-order valence-electron chi connectivity index (χ3n) is 3.38. The molecule has 0 radical (unpaired) electrons. The van der Waals surface area contributed by atoms with E-state index in [1.807, 2.05) is 6.92 Å². The highest BCUT2D eigenvalue weighted by atomic mass is 16.7. The summed E-state index contributed by atoms with van der Waals surface area (Å²) in [4.78, 5) is 17.2. The number of hydrogen-bond acceptors (Lipinski definition) is 2. The number of hydroxylamine groups is 1. The number of unbranched alkanes of at least 4 members (excludes halogenated alkanes) is 2. The second kappa shape index (κ2) is 10.4. The maximum atomic E-state index is 11.4. The first kappa shape index (κ1) is 17.4. The van der Waals surface area contributed by atoms with Crippen LogP contribution in [0.25, 0.3) is 0 Å². The predicted octanol–water partition coefficient (Wildman–Crippen LogP) is 4.36. The minimum atomic E-state index is -0.147. The molecule has 1 N–H and O–H groups in total. The lowest BCUT2D eigenvalue weighted by Gasteiger charge is -2.33. The highest BCUT2D eigenvalue weighted by Gasteiger charge is 2.30. The summed E-state index contributed by atoms with van der Waals surface area (Å²) in [5.74, 6) is -0.0246. The van der Waals surface area contributed by atoms with Crippen LogP contribution in [0.3, 0.4) is 0 Å². The highest BCUT2D eigenvalue weighted by Crippen LogP contribution is 2.30. The summed E-state index contributed by atoms with van der Waals surface area (Å²) in [5, 5.41) is 0. The zero-order valence-corrected chi connectivity index (χ0v) is 12.7. The van der Waals surface area contributed by atoms with Crippen LogP contribution in [-0.2, 0) is 9.63 Å². The molecule has 0 aliphatic rings. The molecule has 0 aromatic heterocycles. The number of hydrogen-bond donors (Lipinski definition) is 1. The molecule has 0 aromatic carbocycles. The van der Waals surface area contributed by atoms with E-state index >= 15 is 0 Å². The smallest absolute Gasteiger partial charge is 0.243 e. The van der Waals surface area contributed by atoms with Gasteiger partial charge < -0.3 is 0 Å². The third kappa shape index (κ3) is 7.00. The maximum Gasteiger partial charge on any atom is 0.243 e. The Morgan fingerprint density at radius 1 is 0.944 bits per heavy atom. The number of nitrogens with one attached hydrogen (secondary N) is 1. The van der Waals surface area contributed by atoms with E-state index in [1.54, 1.807) is 0 Å². The number of carbonyl (C=O) groups excluding carboxylic acids is 1. The van der Waals surface area contributed by atoms with Gasteiger partial charge in [0.25, 0.3) is 0 Å². The molecule has 0 aromatic rings. The molecule has 3 nitrogen and oxygen atoms in total. The molecule has 0 aliphatic carbocycles. The summed E-state index contributed by atoms with van der Waals surface area (Å²) in [6, 6.07) is 0. The Balaban J connectivity index is 4.52. The normalized spacial score (nSPS) is 11.6. The summed E-state index contributed by atoms with van der Waals surface area (Å²) in [7, 11) is 0. The van der Waals surface area contributed by atoms with Gasteiger partial charge in [0.05, 0.1) is 5.60 Å². The van der Waals surface area contributed by atoms with Crippen molar-refractivity contribution in [1.29, 1.82) is 0 Å². The molecule has 0 rings (SSSR count). The van der Waals surface area contributed by atoms with Crippen LogP contribution in [0.2, 0.25) is 0 Å². The standard InChI is InChI=1S/C15H31NO2/c1-5-9-12-15(11-7-3,13-10-6-2)18-16-14(17)8-4/h5-13H2,1-4H3,(H,16,17). The molecule has 0 bridgehead atoms. The zero-order valence-electron chi connectivity index (χ0n) is 12.7. The van der Waals surface area contributed by atoms with Gasteiger partial charge in [-0.05, 0) is 19.3 Å². The lowest BCUT2D eigenvalue weighted by atomic mass is 9.87. The topological polar surface area (TPSA) is 38.3 Å². The quantitative estimate of drug-likeness (QED) is 0.558. The summed E-state index contributed by atoms with van der Waals surface area (Å²) < 4.78 is 0. The Morgan fingerprint density at radius 2 is 1.50 bits per heavy atom. The molecule has 1 amide bonds. The first-order chi connectivity index (χ1) is 8.64. The van der Waals surface area contributed by atoms with Crippen molar-refractivity contribution in [2.24, 2.45) is 0 Å². The van der Waals surface area contributed by atoms with Crippen LogP contribution in [-0.4, -0.2) is 11.5 Å². The molecule has 18 heavy (non-hydrogen) atoms. The minimum absolute atomic E-state index is 0.0246. The van der Waals surface area contributed by atoms with Crippen molar-refractivity contribution in [3.05, 3.63) is 0 Å². The van der Waals surface area contributed by atoms with E-state index in [0.29, 0.717) is 6.42 Å². The second-order valence-corrected chi connectivity index (χ2v) is 5.12. The second-order valence-electron chi connectivity index (χ2n) is 5.12. The van der Waals surface area contributed by atoms with Gasteiger partial charge in [-0.1, -0.05) is 59.8 Å². The summed E-state index contributed by atoms with van der Waals surface area (Å²) in [5.41, 5.74) is 2.49. The molecule has 0 spiro atoms. The van der Waals surface area contributed by atoms with Gasteiger partial charge in [0.15, 0.2) is 0 Å². The zero-order chi connectivity index (χ0) is 13.9. The van der Waals surface area contributed by atoms with Gasteiger partial charge in [-0.3, -0.25) is 9.63 Å². The van der Waals surface area contributed by atoms with Crippen molar-refractivity contribution in [3.63, 3.8) is 0 Å². The lowest BCUT2D eigenvalue weighted by Crippen LogP contribution is -2.40. The van der Waals surface area contributed by atoms with E-state index in [-0.39, 0.29) is 11.5 Å². The van der Waals surface area contributed by atoms with Crippen LogP contribution >= 0.6 is 0 Å². The van der Waals surface area contributed by atoms with Gasteiger partial charge in [0.1, 0.15) is 0 Å². The number of amides is 1. The van der Waals surface area contributed by atoms with Crippen molar-refractivity contribution in [2.75, 3.05) is 0 Å². The van der Waals surface area contributed by atoms with Crippen LogP contribution in [0, 0.1) is 0 Å². The van der Waals surface area contributed by atoms with Gasteiger partial charge in [-0.15, -0.1) is 0 Å². The third-order valence-corrected chi connectivity index (χ3v) is 3.38. The SMILES string of the molecule is CCCCC(CCC)(CCCC)ONC(=O)CC. The Hall–Kier alpha value is -0.570. The molecule has 0 atom stereocenters. The number of carbonyl (C=O) groups is 1. The van der Waals surface area contributed by atoms with Gasteiger partial charge in [-0.2, -0.15) is 0 Å². The Morgan fingerprint density at radius 3 is 1.89 bits per heavy atom. The molecular weight excluding hydrogens is 226 g/mol. The van der Waals surface area contributed by atoms with Gasteiger partial charge >= 0.3 is 0 Å². The first-order valence-electron chi connectivity index (χ1n) is 7.61. The molecule has 0 heterocycles. The minimum Gasteiger partial charge on any atom is -0.273 e. The van der Waals surface area contributed by atoms with Crippen LogP contribution in [0.15, 0.2) is 0 Å². The lowest BCUT2D eigenvalue weighted by molar-refractivity contribution is -0.158. The molecule has 0 saturated carbocycles. The van der Waals surface area contributed by atoms with E-state index < -0.39 is 0 Å². The van der Waals surface area contributed by atoms with Gasteiger partial charge in [-0.25, -0.2) is 5.48 Å². The molecule has 108 valence electrons. The number of rotatable bonds is 11. The van der Waals surface area contributed by atoms with Crippen LogP contribution in [0.5, 0.6) is 0 Å². The van der Waals surface area contributed by atoms with E-state index in [4.69, 9.17) is 4.84 Å². The average molecular weight is 257 g/mol. The summed E-state index contributed by atoms with van der Waals surface area (Å²) in [6.07, 6.45) is 9.33. The predicted molar refractivity (Wildman–Crippen MR) is 76.2 cm³/mol. The molecule has 0 aliphatic heterocycles. The van der Waals surface area contributed by atoms with Crippen LogP contribution in [0.1, 0.15) is 85.5 Å². The van der Waals surface area contributed by atoms with E-state index in [2.05, 4.69) is 26.3 Å². The van der Waals surface area contributed by atoms with E-state index in [0.717, 1.165) is 38.5 Å². The average Bonchev–Trinajstić information content (AvgIpc) is 2.40.